The molecule has 0 aliphatic heterocycles. The third kappa shape index (κ3) is 4.17. The second kappa shape index (κ2) is 8.37. The third-order valence-electron chi connectivity index (χ3n) is 5.10. The topological polar surface area (TPSA) is 69.0 Å². The summed E-state index contributed by atoms with van der Waals surface area (Å²) < 4.78 is 7.77. The second-order valence-corrected chi connectivity index (χ2v) is 7.41. The average molecular weight is 400 g/mol. The number of hydrogen-bond donors (Lipinski definition) is 1. The molecule has 0 saturated heterocycles. The summed E-state index contributed by atoms with van der Waals surface area (Å²) in [4.78, 5) is 21.4. The molecular weight excluding hydrogens is 376 g/mol. The van der Waals surface area contributed by atoms with E-state index in [0.29, 0.717) is 12.4 Å². The fraction of sp³-hybridized carbons (Fsp3) is 0.208. The first-order valence-corrected chi connectivity index (χ1v) is 9.90. The van der Waals surface area contributed by atoms with Crippen LogP contribution >= 0.6 is 0 Å². The van der Waals surface area contributed by atoms with Crippen LogP contribution in [0.15, 0.2) is 67.1 Å². The predicted octanol–water partition coefficient (Wildman–Crippen LogP) is 4.72. The van der Waals surface area contributed by atoms with E-state index in [2.05, 4.69) is 21.4 Å². The minimum absolute atomic E-state index is 0.0751. The van der Waals surface area contributed by atoms with Crippen LogP contribution in [0.3, 0.4) is 0 Å². The van der Waals surface area contributed by atoms with Gasteiger partial charge in [0.2, 0.25) is 11.8 Å². The molecule has 0 radical (unpaired) electrons. The van der Waals surface area contributed by atoms with Crippen molar-refractivity contribution in [3.63, 3.8) is 0 Å². The van der Waals surface area contributed by atoms with Gasteiger partial charge in [0.15, 0.2) is 0 Å². The molecule has 6 heteroatoms. The van der Waals surface area contributed by atoms with E-state index in [0.717, 1.165) is 33.5 Å². The van der Waals surface area contributed by atoms with Gasteiger partial charge in [0, 0.05) is 18.8 Å². The van der Waals surface area contributed by atoms with Crippen molar-refractivity contribution in [3.8, 4) is 11.6 Å². The van der Waals surface area contributed by atoms with Gasteiger partial charge >= 0.3 is 0 Å². The van der Waals surface area contributed by atoms with Crippen molar-refractivity contribution >= 4 is 16.9 Å². The largest absolute Gasteiger partial charge is 0.439 e. The van der Waals surface area contributed by atoms with Crippen LogP contribution in [0, 0.1) is 13.8 Å². The lowest BCUT2D eigenvalue weighted by atomic mass is 10.1. The summed E-state index contributed by atoms with van der Waals surface area (Å²) in [6.45, 7) is 6.29. The van der Waals surface area contributed by atoms with Crippen molar-refractivity contribution in [2.24, 2.45) is 0 Å². The number of nitrogens with one attached hydrogen (secondary N) is 1. The highest BCUT2D eigenvalue weighted by Crippen LogP contribution is 2.24. The molecule has 0 saturated carbocycles. The predicted molar refractivity (Wildman–Crippen MR) is 117 cm³/mol. The van der Waals surface area contributed by atoms with Crippen LogP contribution in [0.4, 0.5) is 0 Å². The van der Waals surface area contributed by atoms with E-state index in [1.165, 1.54) is 0 Å². The number of imidazole rings is 1. The lowest BCUT2D eigenvalue weighted by molar-refractivity contribution is -0.123. The Hall–Kier alpha value is -3.67. The number of hydrogen-bond acceptors (Lipinski definition) is 4. The number of nitrogens with zero attached hydrogens (tertiary/aromatic N) is 3. The quantitative estimate of drug-likeness (QED) is 0.509. The Bertz CT molecular complexity index is 1180. The molecule has 2 heterocycles. The SMILES string of the molecule is Cc1ccc(C)c(Oc2ccc(CNC(=O)[C@@H](C)n3cnc4ccccc43)cn2)c1. The Kier molecular flexibility index (Phi) is 5.48. The number of benzene rings is 2. The molecule has 0 bridgehead atoms. The number of carbonyl (C=O) groups excluding carboxylic acids is 1. The Morgan fingerprint density at radius 3 is 2.73 bits per heavy atom. The first kappa shape index (κ1) is 19.6. The van der Waals surface area contributed by atoms with Gasteiger partial charge in [-0.15, -0.1) is 0 Å². The summed E-state index contributed by atoms with van der Waals surface area (Å²) in [6, 6.07) is 17.2. The minimum atomic E-state index is -0.364. The van der Waals surface area contributed by atoms with E-state index in [9.17, 15) is 4.79 Å². The van der Waals surface area contributed by atoms with Gasteiger partial charge in [0.25, 0.3) is 0 Å². The molecule has 2 aromatic heterocycles. The molecule has 0 unspecified atom stereocenters. The van der Waals surface area contributed by atoms with Gasteiger partial charge in [0.1, 0.15) is 11.8 Å². The van der Waals surface area contributed by atoms with Crippen LogP contribution in [0.2, 0.25) is 0 Å². The maximum absolute atomic E-state index is 12.6. The van der Waals surface area contributed by atoms with Crippen LogP contribution in [-0.2, 0) is 11.3 Å². The number of carbonyl (C=O) groups is 1. The molecule has 4 aromatic rings. The highest BCUT2D eigenvalue weighted by molar-refractivity contribution is 5.83. The first-order chi connectivity index (χ1) is 14.5. The molecule has 0 fully saturated rings. The standard InChI is InChI=1S/C24H24N4O2/c1-16-8-9-17(2)22(12-16)30-23-11-10-19(13-25-23)14-26-24(29)18(3)28-15-27-20-6-4-5-7-21(20)28/h4-13,15,18H,14H2,1-3H3,(H,26,29)/t18-/m1/s1. The number of amides is 1. The summed E-state index contributed by atoms with van der Waals surface area (Å²) >= 11 is 0. The molecule has 1 atom stereocenters. The van der Waals surface area contributed by atoms with Crippen LogP contribution < -0.4 is 10.1 Å². The highest BCUT2D eigenvalue weighted by Gasteiger charge is 2.16. The Balaban J connectivity index is 1.38. The minimum Gasteiger partial charge on any atom is -0.439 e. The van der Waals surface area contributed by atoms with E-state index < -0.39 is 0 Å². The van der Waals surface area contributed by atoms with Crippen LogP contribution in [0.25, 0.3) is 11.0 Å². The van der Waals surface area contributed by atoms with Crippen molar-refractivity contribution < 1.29 is 9.53 Å². The zero-order valence-corrected chi connectivity index (χ0v) is 17.3. The molecule has 152 valence electrons. The molecule has 4 rings (SSSR count). The molecule has 1 N–H and O–H groups in total. The molecule has 0 aliphatic rings. The van der Waals surface area contributed by atoms with Crippen molar-refractivity contribution in [2.45, 2.75) is 33.4 Å². The summed E-state index contributed by atoms with van der Waals surface area (Å²) in [7, 11) is 0. The molecule has 0 spiro atoms. The maximum atomic E-state index is 12.6. The summed E-state index contributed by atoms with van der Waals surface area (Å²) in [5, 5.41) is 2.97. The summed E-state index contributed by atoms with van der Waals surface area (Å²) in [5.41, 5.74) is 4.91. The van der Waals surface area contributed by atoms with Gasteiger partial charge in [-0.05, 0) is 55.7 Å². The molecule has 1 amide bonds. The monoisotopic (exact) mass is 400 g/mol. The smallest absolute Gasteiger partial charge is 0.243 e. The molecule has 2 aromatic carbocycles. The van der Waals surface area contributed by atoms with Crippen LogP contribution in [0.1, 0.15) is 29.7 Å². The van der Waals surface area contributed by atoms with Crippen molar-refractivity contribution in [1.29, 1.82) is 0 Å². The maximum Gasteiger partial charge on any atom is 0.243 e. The van der Waals surface area contributed by atoms with Gasteiger partial charge in [0.05, 0.1) is 17.4 Å². The van der Waals surface area contributed by atoms with Crippen LogP contribution in [0.5, 0.6) is 11.6 Å². The fourth-order valence-corrected chi connectivity index (χ4v) is 3.26. The number of aryl methyl sites for hydroxylation is 2. The van der Waals surface area contributed by atoms with Crippen molar-refractivity contribution in [3.05, 3.63) is 83.8 Å². The Labute approximate surface area is 175 Å². The van der Waals surface area contributed by atoms with E-state index in [-0.39, 0.29) is 11.9 Å². The number of pyridine rings is 1. The molecule has 30 heavy (non-hydrogen) atoms. The van der Waals surface area contributed by atoms with E-state index in [1.54, 1.807) is 12.5 Å². The normalized spacial score (nSPS) is 12.0. The third-order valence-corrected chi connectivity index (χ3v) is 5.10. The first-order valence-electron chi connectivity index (χ1n) is 9.90. The zero-order valence-electron chi connectivity index (χ0n) is 17.3. The number of para-hydroxylation sites is 2. The fourth-order valence-electron chi connectivity index (χ4n) is 3.26. The van der Waals surface area contributed by atoms with Crippen LogP contribution in [-0.4, -0.2) is 20.4 Å². The van der Waals surface area contributed by atoms with Gasteiger partial charge in [-0.1, -0.05) is 30.3 Å². The zero-order chi connectivity index (χ0) is 21.1. The van der Waals surface area contributed by atoms with E-state index >= 15 is 0 Å². The lowest BCUT2D eigenvalue weighted by Gasteiger charge is -2.15. The number of aromatic nitrogens is 3. The molecule has 6 nitrogen and oxygen atoms in total. The number of fused-ring (bicyclic) bond motifs is 1. The second-order valence-electron chi connectivity index (χ2n) is 7.41. The summed E-state index contributed by atoms with van der Waals surface area (Å²) in [5.74, 6) is 1.25. The van der Waals surface area contributed by atoms with Gasteiger partial charge in [-0.2, -0.15) is 0 Å². The van der Waals surface area contributed by atoms with Gasteiger partial charge in [-0.3, -0.25) is 4.79 Å². The lowest BCUT2D eigenvalue weighted by Crippen LogP contribution is -2.30. The number of ether oxygens (including phenoxy) is 1. The average Bonchev–Trinajstić information content (AvgIpc) is 3.19. The molecule has 0 aliphatic carbocycles. The Morgan fingerprint density at radius 2 is 1.93 bits per heavy atom. The van der Waals surface area contributed by atoms with Gasteiger partial charge < -0.3 is 14.6 Å². The summed E-state index contributed by atoms with van der Waals surface area (Å²) in [6.07, 6.45) is 3.42. The number of rotatable bonds is 6. The molecular formula is C24H24N4O2. The van der Waals surface area contributed by atoms with E-state index in [4.69, 9.17) is 4.74 Å². The van der Waals surface area contributed by atoms with Crippen molar-refractivity contribution in [1.82, 2.24) is 19.9 Å². The Morgan fingerprint density at radius 1 is 1.10 bits per heavy atom. The van der Waals surface area contributed by atoms with Crippen molar-refractivity contribution in [2.75, 3.05) is 0 Å². The highest BCUT2D eigenvalue weighted by atomic mass is 16.5. The van der Waals surface area contributed by atoms with E-state index in [1.807, 2.05) is 73.9 Å². The van der Waals surface area contributed by atoms with Gasteiger partial charge in [-0.25, -0.2) is 9.97 Å².